The van der Waals surface area contributed by atoms with Gasteiger partial charge in [-0.1, -0.05) is 42.0 Å². The summed E-state index contributed by atoms with van der Waals surface area (Å²) in [6.45, 7) is 0.828. The quantitative estimate of drug-likeness (QED) is 0.768. The second-order valence-corrected chi connectivity index (χ2v) is 8.28. The lowest BCUT2D eigenvalue weighted by molar-refractivity contribution is 0.249. The van der Waals surface area contributed by atoms with Gasteiger partial charge in [-0.15, -0.1) is 0 Å². The maximum atomic E-state index is 14.1. The second kappa shape index (κ2) is 6.75. The molecule has 0 radical (unpaired) electrons. The summed E-state index contributed by atoms with van der Waals surface area (Å²) in [5, 5.41) is -0.168. The van der Waals surface area contributed by atoms with Crippen molar-refractivity contribution in [1.29, 1.82) is 0 Å². The smallest absolute Gasteiger partial charge is 0.207 e. The molecule has 0 spiro atoms. The van der Waals surface area contributed by atoms with Crippen LogP contribution < -0.4 is 0 Å². The summed E-state index contributed by atoms with van der Waals surface area (Å²) in [5.41, 5.74) is 0. The maximum absolute atomic E-state index is 14.1. The first kappa shape index (κ1) is 16.7. The number of rotatable bonds is 3. The van der Waals surface area contributed by atoms with E-state index in [2.05, 4.69) is 24.3 Å². The van der Waals surface area contributed by atoms with E-state index in [0.29, 0.717) is 24.9 Å². The molecule has 0 saturated carbocycles. The summed E-state index contributed by atoms with van der Waals surface area (Å²) in [6.07, 6.45) is 11.2. The molecule has 1 aliphatic heterocycles. The molecular formula is C17H19ClFNO2S. The molecule has 0 N–H and O–H groups in total. The molecule has 0 unspecified atom stereocenters. The van der Waals surface area contributed by atoms with Gasteiger partial charge in [0.15, 0.2) is 5.82 Å². The van der Waals surface area contributed by atoms with Crippen molar-refractivity contribution in [2.24, 2.45) is 11.8 Å². The SMILES string of the molecule is O=S(=O)(c1cccc(Cl)c1F)N1CCC(C2C=CCC=C2)CC1. The molecule has 0 amide bonds. The Morgan fingerprint density at radius 3 is 2.43 bits per heavy atom. The van der Waals surface area contributed by atoms with Gasteiger partial charge in [0, 0.05) is 13.1 Å². The van der Waals surface area contributed by atoms with Crippen LogP contribution >= 0.6 is 11.6 Å². The first-order valence-corrected chi connectivity index (χ1v) is 9.59. The number of hydrogen-bond acceptors (Lipinski definition) is 2. The molecule has 0 atom stereocenters. The minimum Gasteiger partial charge on any atom is -0.207 e. The fraction of sp³-hybridized carbons (Fsp3) is 0.412. The van der Waals surface area contributed by atoms with Gasteiger partial charge in [-0.25, -0.2) is 12.8 Å². The number of nitrogens with zero attached hydrogens (tertiary/aromatic N) is 1. The monoisotopic (exact) mass is 355 g/mol. The van der Waals surface area contributed by atoms with Gasteiger partial charge in [-0.05, 0) is 43.2 Å². The van der Waals surface area contributed by atoms with Gasteiger partial charge in [0.1, 0.15) is 4.90 Å². The van der Waals surface area contributed by atoms with Crippen LogP contribution in [0.5, 0.6) is 0 Å². The number of sulfonamides is 1. The van der Waals surface area contributed by atoms with E-state index < -0.39 is 15.8 Å². The van der Waals surface area contributed by atoms with Crippen LogP contribution in [-0.2, 0) is 10.0 Å². The number of allylic oxidation sites excluding steroid dienone is 4. The lowest BCUT2D eigenvalue weighted by atomic mass is 9.83. The Balaban J connectivity index is 1.74. The fourth-order valence-electron chi connectivity index (χ4n) is 3.25. The van der Waals surface area contributed by atoms with Gasteiger partial charge in [0.2, 0.25) is 10.0 Å². The van der Waals surface area contributed by atoms with Crippen LogP contribution in [0.25, 0.3) is 0 Å². The van der Waals surface area contributed by atoms with Crippen molar-refractivity contribution < 1.29 is 12.8 Å². The molecule has 1 fully saturated rings. The van der Waals surface area contributed by atoms with Gasteiger partial charge in [0.25, 0.3) is 0 Å². The number of benzene rings is 1. The molecule has 2 aliphatic rings. The normalized spacial score (nSPS) is 21.0. The number of hydrogen-bond donors (Lipinski definition) is 0. The summed E-state index contributed by atoms with van der Waals surface area (Å²) < 4.78 is 40.7. The van der Waals surface area contributed by atoms with Crippen LogP contribution in [0.15, 0.2) is 47.4 Å². The van der Waals surface area contributed by atoms with Gasteiger partial charge in [-0.3, -0.25) is 0 Å². The van der Waals surface area contributed by atoms with Crippen molar-refractivity contribution in [3.63, 3.8) is 0 Å². The molecule has 0 bridgehead atoms. The van der Waals surface area contributed by atoms with Crippen LogP contribution in [0.3, 0.4) is 0 Å². The van der Waals surface area contributed by atoms with Crippen LogP contribution in [0.1, 0.15) is 19.3 Å². The van der Waals surface area contributed by atoms with Crippen molar-refractivity contribution in [2.75, 3.05) is 13.1 Å². The van der Waals surface area contributed by atoms with Crippen molar-refractivity contribution in [3.05, 3.63) is 53.3 Å². The molecule has 3 rings (SSSR count). The van der Waals surface area contributed by atoms with Crippen LogP contribution in [-0.4, -0.2) is 25.8 Å². The highest BCUT2D eigenvalue weighted by atomic mass is 35.5. The molecule has 1 saturated heterocycles. The van der Waals surface area contributed by atoms with E-state index in [1.54, 1.807) is 0 Å². The van der Waals surface area contributed by atoms with E-state index in [-0.39, 0.29) is 9.92 Å². The summed E-state index contributed by atoms with van der Waals surface area (Å²) >= 11 is 5.71. The summed E-state index contributed by atoms with van der Waals surface area (Å²) in [4.78, 5) is -0.332. The Labute approximate surface area is 141 Å². The van der Waals surface area contributed by atoms with Crippen LogP contribution in [0.4, 0.5) is 4.39 Å². The Kier molecular flexibility index (Phi) is 4.90. The average Bonchev–Trinajstić information content (AvgIpc) is 2.58. The van der Waals surface area contributed by atoms with Crippen molar-refractivity contribution in [2.45, 2.75) is 24.2 Å². The molecule has 23 heavy (non-hydrogen) atoms. The van der Waals surface area contributed by atoms with Crippen molar-refractivity contribution >= 4 is 21.6 Å². The highest BCUT2D eigenvalue weighted by molar-refractivity contribution is 7.89. The topological polar surface area (TPSA) is 37.4 Å². The number of halogens is 2. The zero-order valence-electron chi connectivity index (χ0n) is 12.7. The van der Waals surface area contributed by atoms with E-state index in [0.717, 1.165) is 19.3 Å². The molecule has 6 heteroatoms. The molecule has 1 aromatic rings. The maximum Gasteiger partial charge on any atom is 0.246 e. The molecule has 124 valence electrons. The van der Waals surface area contributed by atoms with E-state index >= 15 is 0 Å². The highest BCUT2D eigenvalue weighted by Gasteiger charge is 2.33. The van der Waals surface area contributed by atoms with Crippen LogP contribution in [0, 0.1) is 17.7 Å². The lowest BCUT2D eigenvalue weighted by Crippen LogP contribution is -2.40. The molecule has 0 aromatic heterocycles. The highest BCUT2D eigenvalue weighted by Crippen LogP contribution is 2.32. The largest absolute Gasteiger partial charge is 0.246 e. The fourth-order valence-corrected chi connectivity index (χ4v) is 5.04. The lowest BCUT2D eigenvalue weighted by Gasteiger charge is -2.34. The van der Waals surface area contributed by atoms with E-state index in [9.17, 15) is 12.8 Å². The molecule has 3 nitrogen and oxygen atoms in total. The first-order chi connectivity index (χ1) is 11.0. The van der Waals surface area contributed by atoms with Crippen molar-refractivity contribution in [1.82, 2.24) is 4.31 Å². The third-order valence-corrected chi connectivity index (χ3v) is 6.77. The second-order valence-electron chi connectivity index (χ2n) is 5.96. The van der Waals surface area contributed by atoms with Gasteiger partial charge >= 0.3 is 0 Å². The molecule has 1 aromatic carbocycles. The molecular weight excluding hydrogens is 337 g/mol. The zero-order valence-corrected chi connectivity index (χ0v) is 14.2. The van der Waals surface area contributed by atoms with E-state index in [1.165, 1.54) is 22.5 Å². The first-order valence-electron chi connectivity index (χ1n) is 7.77. The van der Waals surface area contributed by atoms with Crippen LogP contribution in [0.2, 0.25) is 5.02 Å². The van der Waals surface area contributed by atoms with Gasteiger partial charge in [-0.2, -0.15) is 4.31 Å². The van der Waals surface area contributed by atoms with E-state index in [1.807, 2.05) is 0 Å². The predicted octanol–water partition coefficient (Wildman–Crippen LogP) is 4.01. The minimum atomic E-state index is -3.83. The predicted molar refractivity (Wildman–Crippen MR) is 89.3 cm³/mol. The van der Waals surface area contributed by atoms with E-state index in [4.69, 9.17) is 11.6 Å². The van der Waals surface area contributed by atoms with Gasteiger partial charge in [0.05, 0.1) is 5.02 Å². The average molecular weight is 356 g/mol. The number of piperidine rings is 1. The minimum absolute atomic E-state index is 0.168. The van der Waals surface area contributed by atoms with Gasteiger partial charge < -0.3 is 0 Å². The Morgan fingerprint density at radius 2 is 1.78 bits per heavy atom. The van der Waals surface area contributed by atoms with Crippen molar-refractivity contribution in [3.8, 4) is 0 Å². The summed E-state index contributed by atoms with van der Waals surface area (Å²) in [5.74, 6) is -0.0376. The Morgan fingerprint density at radius 1 is 1.13 bits per heavy atom. The molecule has 1 heterocycles. The third-order valence-electron chi connectivity index (χ3n) is 4.57. The standard InChI is InChI=1S/C17H19ClFNO2S/c18-15-7-4-8-16(17(15)19)23(21,22)20-11-9-14(10-12-20)13-5-2-1-3-6-13/h2-8,13-14H,1,9-12H2. The molecule has 1 aliphatic carbocycles. The Hall–Kier alpha value is -1.17. The summed E-state index contributed by atoms with van der Waals surface area (Å²) in [6, 6.07) is 4.09. The third kappa shape index (κ3) is 3.37. The zero-order chi connectivity index (χ0) is 16.4. The Bertz CT molecular complexity index is 725. The summed E-state index contributed by atoms with van der Waals surface area (Å²) in [7, 11) is -3.83.